The largest absolute Gasteiger partial charge is 0.496 e. The Kier molecular flexibility index (Phi) is 2.11. The van der Waals surface area contributed by atoms with Gasteiger partial charge in [0.15, 0.2) is 0 Å². The van der Waals surface area contributed by atoms with Crippen LogP contribution in [-0.2, 0) is 0 Å². The minimum atomic E-state index is 0.639. The van der Waals surface area contributed by atoms with Gasteiger partial charge in [-0.3, -0.25) is 0 Å². The van der Waals surface area contributed by atoms with Crippen LogP contribution in [0.1, 0.15) is 5.56 Å². The molecule has 0 fully saturated rings. The normalized spacial score (nSPS) is 9.18. The van der Waals surface area contributed by atoms with Crippen molar-refractivity contribution in [3.8, 4) is 5.75 Å². The highest BCUT2D eigenvalue weighted by Gasteiger charge is 1.98. The molecule has 0 aliphatic carbocycles. The molecule has 0 amide bonds. The van der Waals surface area contributed by atoms with Gasteiger partial charge in [0.1, 0.15) is 5.75 Å². The van der Waals surface area contributed by atoms with Gasteiger partial charge in [0.2, 0.25) is 0 Å². The van der Waals surface area contributed by atoms with Crippen LogP contribution in [0.2, 0.25) is 0 Å². The number of ether oxygens (including phenoxy) is 1. The van der Waals surface area contributed by atoms with Gasteiger partial charge in [0.05, 0.1) is 7.11 Å². The van der Waals surface area contributed by atoms with Crippen LogP contribution in [0.15, 0.2) is 18.2 Å². The van der Waals surface area contributed by atoms with Gasteiger partial charge >= 0.3 is 0 Å². The smallest absolute Gasteiger partial charge is 0.129 e. The first-order chi connectivity index (χ1) is 5.27. The fraction of sp³-hybridized carbons (Fsp3) is 0.125. The van der Waals surface area contributed by atoms with E-state index in [2.05, 4.69) is 0 Å². The zero-order valence-electron chi connectivity index (χ0n) is 6.29. The van der Waals surface area contributed by atoms with Gasteiger partial charge in [-0.15, -0.1) is 0 Å². The molecule has 58 valence electrons. The standard InChI is InChI=1S/C8H10N2O/c1-11-8-4-7(10)3-2-6(8)5-9/h2-5,9H,10H2,1H3. The van der Waals surface area contributed by atoms with Crippen LogP contribution in [0.3, 0.4) is 0 Å². The fourth-order valence-electron chi connectivity index (χ4n) is 0.847. The highest BCUT2D eigenvalue weighted by atomic mass is 16.5. The summed E-state index contributed by atoms with van der Waals surface area (Å²) in [4.78, 5) is 0. The second-order valence-electron chi connectivity index (χ2n) is 2.15. The molecule has 0 aliphatic heterocycles. The summed E-state index contributed by atoms with van der Waals surface area (Å²) < 4.78 is 4.99. The molecule has 0 radical (unpaired) electrons. The van der Waals surface area contributed by atoms with E-state index in [0.29, 0.717) is 11.4 Å². The third-order valence-electron chi connectivity index (χ3n) is 1.41. The van der Waals surface area contributed by atoms with E-state index in [1.54, 1.807) is 25.3 Å². The molecule has 11 heavy (non-hydrogen) atoms. The topological polar surface area (TPSA) is 59.1 Å². The third-order valence-corrected chi connectivity index (χ3v) is 1.41. The molecule has 0 bridgehead atoms. The van der Waals surface area contributed by atoms with E-state index in [0.717, 1.165) is 5.56 Å². The molecule has 1 rings (SSSR count). The molecule has 0 aliphatic rings. The van der Waals surface area contributed by atoms with Gasteiger partial charge in [-0.1, -0.05) is 0 Å². The van der Waals surface area contributed by atoms with Crippen molar-refractivity contribution in [3.63, 3.8) is 0 Å². The minimum Gasteiger partial charge on any atom is -0.496 e. The van der Waals surface area contributed by atoms with Gasteiger partial charge in [-0.25, -0.2) is 0 Å². The fourth-order valence-corrected chi connectivity index (χ4v) is 0.847. The second kappa shape index (κ2) is 3.05. The third kappa shape index (κ3) is 1.49. The van der Waals surface area contributed by atoms with E-state index in [1.807, 2.05) is 0 Å². The number of benzene rings is 1. The summed E-state index contributed by atoms with van der Waals surface area (Å²) in [5.74, 6) is 0.639. The van der Waals surface area contributed by atoms with Crippen molar-refractivity contribution < 1.29 is 4.74 Å². The highest BCUT2D eigenvalue weighted by Crippen LogP contribution is 2.18. The number of methoxy groups -OCH3 is 1. The van der Waals surface area contributed by atoms with E-state index in [4.69, 9.17) is 15.9 Å². The second-order valence-corrected chi connectivity index (χ2v) is 2.15. The lowest BCUT2D eigenvalue weighted by molar-refractivity contribution is 0.414. The van der Waals surface area contributed by atoms with Crippen molar-refractivity contribution in [1.29, 1.82) is 5.41 Å². The van der Waals surface area contributed by atoms with Gasteiger partial charge in [0.25, 0.3) is 0 Å². The predicted molar refractivity (Wildman–Crippen MR) is 45.3 cm³/mol. The predicted octanol–water partition coefficient (Wildman–Crippen LogP) is 1.28. The van der Waals surface area contributed by atoms with Crippen molar-refractivity contribution >= 4 is 11.9 Å². The maximum Gasteiger partial charge on any atom is 0.129 e. The molecule has 3 N–H and O–H groups in total. The summed E-state index contributed by atoms with van der Waals surface area (Å²) in [6, 6.07) is 5.18. The molecule has 0 spiro atoms. The maximum atomic E-state index is 7.01. The number of nitrogens with one attached hydrogen (secondary N) is 1. The van der Waals surface area contributed by atoms with Crippen LogP contribution < -0.4 is 10.5 Å². The molecule has 0 atom stereocenters. The first-order valence-electron chi connectivity index (χ1n) is 3.22. The van der Waals surface area contributed by atoms with E-state index < -0.39 is 0 Å². The Morgan fingerprint density at radius 3 is 2.82 bits per heavy atom. The van der Waals surface area contributed by atoms with Crippen LogP contribution in [-0.4, -0.2) is 13.3 Å². The molecular weight excluding hydrogens is 140 g/mol. The van der Waals surface area contributed by atoms with Crippen molar-refractivity contribution in [2.24, 2.45) is 0 Å². The maximum absolute atomic E-state index is 7.01. The molecule has 0 aromatic heterocycles. The summed E-state index contributed by atoms with van der Waals surface area (Å²) in [6.45, 7) is 0. The van der Waals surface area contributed by atoms with Crippen LogP contribution in [0.25, 0.3) is 0 Å². The first-order valence-corrected chi connectivity index (χ1v) is 3.22. The van der Waals surface area contributed by atoms with Crippen molar-refractivity contribution in [2.75, 3.05) is 12.8 Å². The number of nitrogens with two attached hydrogens (primary N) is 1. The molecule has 0 heterocycles. The number of rotatable bonds is 2. The summed E-state index contributed by atoms with van der Waals surface area (Å²) in [5, 5.41) is 7.01. The molecule has 0 unspecified atom stereocenters. The van der Waals surface area contributed by atoms with Crippen LogP contribution in [0.5, 0.6) is 5.75 Å². The summed E-state index contributed by atoms with van der Waals surface area (Å²) in [7, 11) is 1.56. The van der Waals surface area contributed by atoms with Crippen LogP contribution >= 0.6 is 0 Å². The average molecular weight is 150 g/mol. The Morgan fingerprint density at radius 2 is 2.27 bits per heavy atom. The van der Waals surface area contributed by atoms with Crippen LogP contribution in [0, 0.1) is 5.41 Å². The molecule has 1 aromatic rings. The quantitative estimate of drug-likeness (QED) is 0.492. The minimum absolute atomic E-state index is 0.639. The summed E-state index contributed by atoms with van der Waals surface area (Å²) in [5.41, 5.74) is 6.89. The number of hydrogen-bond donors (Lipinski definition) is 2. The number of hydrogen-bond acceptors (Lipinski definition) is 3. The Hall–Kier alpha value is -1.51. The summed E-state index contributed by atoms with van der Waals surface area (Å²) in [6.07, 6.45) is 1.23. The monoisotopic (exact) mass is 150 g/mol. The Bertz CT molecular complexity index is 271. The molecule has 0 saturated carbocycles. The van der Waals surface area contributed by atoms with Gasteiger partial charge in [-0.2, -0.15) is 0 Å². The molecule has 0 saturated heterocycles. The van der Waals surface area contributed by atoms with Gasteiger partial charge < -0.3 is 15.9 Å². The highest BCUT2D eigenvalue weighted by molar-refractivity contribution is 5.82. The van der Waals surface area contributed by atoms with Gasteiger partial charge in [-0.05, 0) is 12.1 Å². The number of nitrogen functional groups attached to an aromatic ring is 1. The van der Waals surface area contributed by atoms with E-state index in [-0.39, 0.29) is 0 Å². The lowest BCUT2D eigenvalue weighted by atomic mass is 10.2. The Labute approximate surface area is 65.3 Å². The number of anilines is 1. The SMILES string of the molecule is COc1cc(N)ccc1C=N. The Morgan fingerprint density at radius 1 is 1.55 bits per heavy atom. The average Bonchev–Trinajstić information content (AvgIpc) is 2.04. The molecule has 3 heteroatoms. The molecular formula is C8H10N2O. The zero-order valence-corrected chi connectivity index (χ0v) is 6.29. The van der Waals surface area contributed by atoms with Crippen molar-refractivity contribution in [1.82, 2.24) is 0 Å². The summed E-state index contributed by atoms with van der Waals surface area (Å²) >= 11 is 0. The molecule has 1 aromatic carbocycles. The Balaban J connectivity index is 3.16. The first kappa shape index (κ1) is 7.60. The lowest BCUT2D eigenvalue weighted by Gasteiger charge is -2.03. The van der Waals surface area contributed by atoms with Crippen molar-refractivity contribution in [2.45, 2.75) is 0 Å². The van der Waals surface area contributed by atoms with Gasteiger partial charge in [0, 0.05) is 23.5 Å². The molecule has 3 nitrogen and oxygen atoms in total. The lowest BCUT2D eigenvalue weighted by Crippen LogP contribution is -1.92. The van der Waals surface area contributed by atoms with Crippen LogP contribution in [0.4, 0.5) is 5.69 Å². The van der Waals surface area contributed by atoms with E-state index >= 15 is 0 Å². The van der Waals surface area contributed by atoms with E-state index in [1.165, 1.54) is 6.21 Å². The van der Waals surface area contributed by atoms with Crippen molar-refractivity contribution in [3.05, 3.63) is 23.8 Å². The van der Waals surface area contributed by atoms with E-state index in [9.17, 15) is 0 Å². The zero-order chi connectivity index (χ0) is 8.27.